The molecule has 0 radical (unpaired) electrons. The van der Waals surface area contributed by atoms with E-state index in [0.29, 0.717) is 6.42 Å². The molecule has 0 spiro atoms. The summed E-state index contributed by atoms with van der Waals surface area (Å²) in [6.07, 6.45) is 0.708. The standard InChI is InChI=1S/C15H23NO2/c1-11-5-6-13(18-4)12(9-11)15(17)7-8-16-10-14(15,2)3/h5-6,9,16-17H,7-8,10H2,1-4H3. The number of nitrogens with one attached hydrogen (secondary N) is 1. The smallest absolute Gasteiger partial charge is 0.124 e. The lowest BCUT2D eigenvalue weighted by Crippen LogP contribution is -2.54. The SMILES string of the molecule is COc1ccc(C)cc1C1(O)CCNCC1(C)C. The second-order valence-electron chi connectivity index (χ2n) is 5.87. The molecule has 1 aliphatic heterocycles. The van der Waals surface area contributed by atoms with Gasteiger partial charge in [-0.15, -0.1) is 0 Å². The van der Waals surface area contributed by atoms with Crippen molar-refractivity contribution in [2.45, 2.75) is 32.8 Å². The van der Waals surface area contributed by atoms with Gasteiger partial charge in [0.1, 0.15) is 11.4 Å². The highest BCUT2D eigenvalue weighted by atomic mass is 16.5. The molecule has 1 aliphatic rings. The predicted molar refractivity (Wildman–Crippen MR) is 72.9 cm³/mol. The molecule has 2 N–H and O–H groups in total. The van der Waals surface area contributed by atoms with Gasteiger partial charge in [-0.2, -0.15) is 0 Å². The molecule has 0 aromatic heterocycles. The van der Waals surface area contributed by atoms with Gasteiger partial charge in [0.15, 0.2) is 0 Å². The molecule has 1 unspecified atom stereocenters. The Morgan fingerprint density at radius 3 is 2.67 bits per heavy atom. The molecular weight excluding hydrogens is 226 g/mol. The third-order valence-corrected chi connectivity index (χ3v) is 4.15. The molecule has 1 aromatic carbocycles. The Kier molecular flexibility index (Phi) is 3.39. The maximum Gasteiger partial charge on any atom is 0.124 e. The second kappa shape index (κ2) is 4.56. The van der Waals surface area contributed by atoms with Crippen molar-refractivity contribution in [3.05, 3.63) is 29.3 Å². The van der Waals surface area contributed by atoms with E-state index in [0.717, 1.165) is 30.0 Å². The Bertz CT molecular complexity index is 442. The molecule has 0 amide bonds. The minimum absolute atomic E-state index is 0.216. The van der Waals surface area contributed by atoms with E-state index in [1.807, 2.05) is 25.1 Å². The van der Waals surface area contributed by atoms with E-state index in [4.69, 9.17) is 4.74 Å². The molecule has 0 aliphatic carbocycles. The van der Waals surface area contributed by atoms with Crippen LogP contribution in [0.4, 0.5) is 0 Å². The van der Waals surface area contributed by atoms with Gasteiger partial charge in [-0.05, 0) is 32.0 Å². The largest absolute Gasteiger partial charge is 0.496 e. The predicted octanol–water partition coefficient (Wildman–Crippen LogP) is 2.21. The van der Waals surface area contributed by atoms with Crippen molar-refractivity contribution in [3.63, 3.8) is 0 Å². The minimum Gasteiger partial charge on any atom is -0.496 e. The third-order valence-electron chi connectivity index (χ3n) is 4.15. The number of aryl methyl sites for hydroxylation is 1. The first-order chi connectivity index (χ1) is 8.40. The molecule has 3 heteroatoms. The molecule has 100 valence electrons. The average molecular weight is 249 g/mol. The Morgan fingerprint density at radius 2 is 2.06 bits per heavy atom. The Balaban J connectivity index is 2.54. The van der Waals surface area contributed by atoms with Crippen molar-refractivity contribution >= 4 is 0 Å². The zero-order chi connectivity index (χ0) is 13.4. The summed E-state index contributed by atoms with van der Waals surface area (Å²) in [6.45, 7) is 7.87. The summed E-state index contributed by atoms with van der Waals surface area (Å²) in [5, 5.41) is 14.5. The number of aliphatic hydroxyl groups is 1. The van der Waals surface area contributed by atoms with Gasteiger partial charge in [0.05, 0.1) is 7.11 Å². The third kappa shape index (κ3) is 2.02. The zero-order valence-electron chi connectivity index (χ0n) is 11.7. The van der Waals surface area contributed by atoms with Crippen molar-refractivity contribution in [1.82, 2.24) is 5.32 Å². The van der Waals surface area contributed by atoms with E-state index >= 15 is 0 Å². The van der Waals surface area contributed by atoms with Crippen LogP contribution in [0.3, 0.4) is 0 Å². The van der Waals surface area contributed by atoms with E-state index in [-0.39, 0.29) is 5.41 Å². The second-order valence-corrected chi connectivity index (χ2v) is 5.87. The zero-order valence-corrected chi connectivity index (χ0v) is 11.7. The summed E-state index contributed by atoms with van der Waals surface area (Å²) in [7, 11) is 1.66. The summed E-state index contributed by atoms with van der Waals surface area (Å²) in [5.41, 5.74) is 1.01. The van der Waals surface area contributed by atoms with Crippen molar-refractivity contribution in [1.29, 1.82) is 0 Å². The van der Waals surface area contributed by atoms with Gasteiger partial charge in [-0.3, -0.25) is 0 Å². The Hall–Kier alpha value is -1.06. The molecule has 0 bridgehead atoms. The summed E-state index contributed by atoms with van der Waals surface area (Å²) in [5.74, 6) is 0.776. The summed E-state index contributed by atoms with van der Waals surface area (Å²) < 4.78 is 5.43. The van der Waals surface area contributed by atoms with Crippen LogP contribution in [0.15, 0.2) is 18.2 Å². The van der Waals surface area contributed by atoms with Crippen LogP contribution >= 0.6 is 0 Å². The molecule has 3 nitrogen and oxygen atoms in total. The molecule has 1 fully saturated rings. The van der Waals surface area contributed by atoms with E-state index < -0.39 is 5.60 Å². The van der Waals surface area contributed by atoms with Crippen LogP contribution in [0.5, 0.6) is 5.75 Å². The fourth-order valence-corrected chi connectivity index (χ4v) is 2.80. The van der Waals surface area contributed by atoms with Crippen LogP contribution in [0, 0.1) is 12.3 Å². The molecule has 1 heterocycles. The number of rotatable bonds is 2. The lowest BCUT2D eigenvalue weighted by atomic mass is 9.66. The number of piperidine rings is 1. The van der Waals surface area contributed by atoms with Gasteiger partial charge in [0.25, 0.3) is 0 Å². The van der Waals surface area contributed by atoms with E-state index in [1.54, 1.807) is 7.11 Å². The van der Waals surface area contributed by atoms with Crippen LogP contribution in [0.1, 0.15) is 31.4 Å². The molecule has 1 aromatic rings. The molecular formula is C15H23NO2. The number of benzene rings is 1. The van der Waals surface area contributed by atoms with Gasteiger partial charge in [0.2, 0.25) is 0 Å². The Morgan fingerprint density at radius 1 is 1.33 bits per heavy atom. The van der Waals surface area contributed by atoms with Crippen molar-refractivity contribution in [2.75, 3.05) is 20.2 Å². The Labute approximate surface area is 109 Å². The van der Waals surface area contributed by atoms with E-state index in [2.05, 4.69) is 19.2 Å². The molecule has 18 heavy (non-hydrogen) atoms. The van der Waals surface area contributed by atoms with Crippen molar-refractivity contribution in [3.8, 4) is 5.75 Å². The minimum atomic E-state index is -0.838. The number of hydrogen-bond acceptors (Lipinski definition) is 3. The summed E-state index contributed by atoms with van der Waals surface area (Å²) in [6, 6.07) is 6.01. The van der Waals surface area contributed by atoms with Crippen LogP contribution in [0.25, 0.3) is 0 Å². The molecule has 1 atom stereocenters. The van der Waals surface area contributed by atoms with Crippen LogP contribution in [-0.2, 0) is 5.60 Å². The van der Waals surface area contributed by atoms with Gasteiger partial charge in [-0.1, -0.05) is 25.5 Å². The quantitative estimate of drug-likeness (QED) is 0.844. The van der Waals surface area contributed by atoms with E-state index in [1.165, 1.54) is 0 Å². The van der Waals surface area contributed by atoms with Gasteiger partial charge in [-0.25, -0.2) is 0 Å². The molecule has 0 saturated carbocycles. The lowest BCUT2D eigenvalue weighted by molar-refractivity contribution is -0.0957. The maximum atomic E-state index is 11.2. The topological polar surface area (TPSA) is 41.5 Å². The number of methoxy groups -OCH3 is 1. The first-order valence-corrected chi connectivity index (χ1v) is 6.49. The van der Waals surface area contributed by atoms with Crippen LogP contribution in [-0.4, -0.2) is 25.3 Å². The normalized spacial score (nSPS) is 26.9. The number of ether oxygens (including phenoxy) is 1. The van der Waals surface area contributed by atoms with Crippen molar-refractivity contribution in [2.24, 2.45) is 5.41 Å². The summed E-state index contributed by atoms with van der Waals surface area (Å²) >= 11 is 0. The van der Waals surface area contributed by atoms with Gasteiger partial charge < -0.3 is 15.2 Å². The van der Waals surface area contributed by atoms with Crippen LogP contribution in [0.2, 0.25) is 0 Å². The fourth-order valence-electron chi connectivity index (χ4n) is 2.80. The highest BCUT2D eigenvalue weighted by Crippen LogP contribution is 2.47. The first-order valence-electron chi connectivity index (χ1n) is 6.49. The molecule has 1 saturated heterocycles. The average Bonchev–Trinajstić information content (AvgIpc) is 2.33. The van der Waals surface area contributed by atoms with Gasteiger partial charge >= 0.3 is 0 Å². The summed E-state index contributed by atoms with van der Waals surface area (Å²) in [4.78, 5) is 0. The fraction of sp³-hybridized carbons (Fsp3) is 0.600. The highest BCUT2D eigenvalue weighted by molar-refractivity contribution is 5.42. The highest BCUT2D eigenvalue weighted by Gasteiger charge is 2.48. The first kappa shape index (κ1) is 13.4. The monoisotopic (exact) mass is 249 g/mol. The lowest BCUT2D eigenvalue weighted by Gasteiger charge is -2.47. The van der Waals surface area contributed by atoms with Crippen LogP contribution < -0.4 is 10.1 Å². The van der Waals surface area contributed by atoms with Gasteiger partial charge in [0, 0.05) is 17.5 Å². The maximum absolute atomic E-state index is 11.2. The number of hydrogen-bond donors (Lipinski definition) is 2. The van der Waals surface area contributed by atoms with Crippen molar-refractivity contribution < 1.29 is 9.84 Å². The molecule has 2 rings (SSSR count). The van der Waals surface area contributed by atoms with E-state index in [9.17, 15) is 5.11 Å².